The fourth-order valence-electron chi connectivity index (χ4n) is 1.87. The van der Waals surface area contributed by atoms with Gasteiger partial charge in [-0.3, -0.25) is 0 Å². The Balaban J connectivity index is 2.50. The average Bonchev–Trinajstić information content (AvgIpc) is 1.85. The summed E-state index contributed by atoms with van der Waals surface area (Å²) in [5, 5.41) is 0.344. The van der Waals surface area contributed by atoms with Gasteiger partial charge in [0.25, 0.3) is 0 Å². The molecule has 0 N–H and O–H groups in total. The molecule has 11 heavy (non-hydrogen) atoms. The minimum Gasteiger partial charge on any atom is -0.122 e. The van der Waals surface area contributed by atoms with Gasteiger partial charge in [-0.15, -0.1) is 11.6 Å². The summed E-state index contributed by atoms with van der Waals surface area (Å²) in [5.74, 6) is 1.39. The number of hydrogen-bond acceptors (Lipinski definition) is 0. The second-order valence-corrected chi connectivity index (χ2v) is 4.45. The van der Waals surface area contributed by atoms with Crippen LogP contribution in [0.15, 0.2) is 12.2 Å². The first-order chi connectivity index (χ1) is 5.11. The summed E-state index contributed by atoms with van der Waals surface area (Å²) in [6, 6.07) is 0. The van der Waals surface area contributed by atoms with Crippen molar-refractivity contribution in [3.63, 3.8) is 0 Å². The Hall–Kier alpha value is 0.0300. The van der Waals surface area contributed by atoms with E-state index in [-0.39, 0.29) is 0 Å². The van der Waals surface area contributed by atoms with Crippen molar-refractivity contribution in [2.75, 3.05) is 0 Å². The topological polar surface area (TPSA) is 0 Å². The number of rotatable bonds is 1. The van der Waals surface area contributed by atoms with Crippen LogP contribution in [-0.4, -0.2) is 5.38 Å². The summed E-state index contributed by atoms with van der Waals surface area (Å²) in [6.45, 7) is 8.34. The first-order valence-corrected chi connectivity index (χ1v) is 4.84. The van der Waals surface area contributed by atoms with Crippen LogP contribution in [0.25, 0.3) is 0 Å². The van der Waals surface area contributed by atoms with Gasteiger partial charge in [0.1, 0.15) is 0 Å². The molecule has 0 amide bonds. The maximum absolute atomic E-state index is 6.21. The smallest absolute Gasteiger partial charge is 0.0403 e. The van der Waals surface area contributed by atoms with E-state index in [1.807, 2.05) is 0 Å². The minimum absolute atomic E-state index is 0.344. The van der Waals surface area contributed by atoms with Gasteiger partial charge in [0.15, 0.2) is 0 Å². The molecule has 1 saturated carbocycles. The molecule has 1 rings (SSSR count). The van der Waals surface area contributed by atoms with Crippen LogP contribution in [0.4, 0.5) is 0 Å². The van der Waals surface area contributed by atoms with Crippen molar-refractivity contribution in [2.45, 2.75) is 38.5 Å². The molecule has 0 spiro atoms. The van der Waals surface area contributed by atoms with Crippen molar-refractivity contribution >= 4 is 11.6 Å². The average molecular weight is 173 g/mol. The maximum Gasteiger partial charge on any atom is 0.0403 e. The first kappa shape index (κ1) is 9.12. The summed E-state index contributed by atoms with van der Waals surface area (Å²) < 4.78 is 0. The first-order valence-electron chi connectivity index (χ1n) is 4.40. The number of allylic oxidation sites excluding steroid dienone is 1. The summed E-state index contributed by atoms with van der Waals surface area (Å²) >= 11 is 6.21. The second-order valence-electron chi connectivity index (χ2n) is 3.89. The van der Waals surface area contributed by atoms with Gasteiger partial charge in [-0.25, -0.2) is 0 Å². The van der Waals surface area contributed by atoms with Gasteiger partial charge in [-0.2, -0.15) is 0 Å². The van der Waals surface area contributed by atoms with Crippen molar-refractivity contribution in [1.29, 1.82) is 0 Å². The standard InChI is InChI=1S/C10H17Cl/c1-7(2)9-5-4-8(3)6-10(9)11/h8-10H,1,4-6H2,2-3H3. The van der Waals surface area contributed by atoms with Crippen molar-refractivity contribution in [1.82, 2.24) is 0 Å². The van der Waals surface area contributed by atoms with E-state index >= 15 is 0 Å². The SMILES string of the molecule is C=C(C)C1CCC(C)CC1Cl. The predicted molar refractivity (Wildman–Crippen MR) is 51.0 cm³/mol. The highest BCUT2D eigenvalue weighted by Gasteiger charge is 2.26. The molecule has 64 valence electrons. The molecule has 1 aliphatic carbocycles. The molecule has 0 bridgehead atoms. The molecular weight excluding hydrogens is 156 g/mol. The van der Waals surface area contributed by atoms with Crippen LogP contribution in [0.3, 0.4) is 0 Å². The molecule has 0 radical (unpaired) electrons. The fourth-order valence-corrected chi connectivity index (χ4v) is 2.51. The van der Waals surface area contributed by atoms with E-state index in [1.54, 1.807) is 0 Å². The third-order valence-electron chi connectivity index (χ3n) is 2.67. The molecule has 1 aliphatic rings. The van der Waals surface area contributed by atoms with Gasteiger partial charge in [-0.1, -0.05) is 25.5 Å². The van der Waals surface area contributed by atoms with Crippen molar-refractivity contribution in [2.24, 2.45) is 11.8 Å². The molecule has 0 aromatic heterocycles. The Morgan fingerprint density at radius 1 is 1.45 bits per heavy atom. The van der Waals surface area contributed by atoms with Crippen molar-refractivity contribution in [3.8, 4) is 0 Å². The van der Waals surface area contributed by atoms with Crippen LogP contribution in [-0.2, 0) is 0 Å². The summed E-state index contributed by atoms with van der Waals surface area (Å²) in [4.78, 5) is 0. The summed E-state index contributed by atoms with van der Waals surface area (Å²) in [5.41, 5.74) is 1.26. The highest BCUT2D eigenvalue weighted by Crippen LogP contribution is 2.35. The van der Waals surface area contributed by atoms with E-state index in [4.69, 9.17) is 11.6 Å². The van der Waals surface area contributed by atoms with E-state index in [0.717, 1.165) is 5.92 Å². The molecule has 0 saturated heterocycles. The van der Waals surface area contributed by atoms with Crippen LogP contribution >= 0.6 is 11.6 Å². The lowest BCUT2D eigenvalue weighted by Gasteiger charge is -2.31. The number of alkyl halides is 1. The zero-order valence-corrected chi connectivity index (χ0v) is 8.19. The van der Waals surface area contributed by atoms with E-state index in [0.29, 0.717) is 11.3 Å². The molecule has 0 aliphatic heterocycles. The van der Waals surface area contributed by atoms with Gasteiger partial charge < -0.3 is 0 Å². The van der Waals surface area contributed by atoms with Gasteiger partial charge in [0.2, 0.25) is 0 Å². The lowest BCUT2D eigenvalue weighted by atomic mass is 9.80. The molecule has 1 fully saturated rings. The van der Waals surface area contributed by atoms with Crippen LogP contribution < -0.4 is 0 Å². The third-order valence-corrected chi connectivity index (χ3v) is 3.15. The summed E-state index contributed by atoms with van der Waals surface area (Å²) in [7, 11) is 0. The van der Waals surface area contributed by atoms with Gasteiger partial charge in [0.05, 0.1) is 0 Å². The molecule has 1 heteroatoms. The van der Waals surface area contributed by atoms with Crippen LogP contribution in [0, 0.1) is 11.8 Å². The maximum atomic E-state index is 6.21. The predicted octanol–water partition coefficient (Wildman–Crippen LogP) is 3.61. The lowest BCUT2D eigenvalue weighted by molar-refractivity contribution is 0.327. The van der Waals surface area contributed by atoms with E-state index < -0.39 is 0 Å². The molecule has 0 nitrogen and oxygen atoms in total. The highest BCUT2D eigenvalue weighted by atomic mass is 35.5. The quantitative estimate of drug-likeness (QED) is 0.419. The van der Waals surface area contributed by atoms with Crippen molar-refractivity contribution < 1.29 is 0 Å². The Morgan fingerprint density at radius 3 is 2.55 bits per heavy atom. The summed E-state index contributed by atoms with van der Waals surface area (Å²) in [6.07, 6.45) is 3.73. The Morgan fingerprint density at radius 2 is 2.09 bits per heavy atom. The molecule has 3 atom stereocenters. The minimum atomic E-state index is 0.344. The molecule has 0 aromatic carbocycles. The fraction of sp³-hybridized carbons (Fsp3) is 0.800. The molecule has 0 aromatic rings. The zero-order valence-electron chi connectivity index (χ0n) is 7.44. The van der Waals surface area contributed by atoms with E-state index in [1.165, 1.54) is 24.8 Å². The number of hydrogen-bond donors (Lipinski definition) is 0. The normalized spacial score (nSPS) is 38.6. The van der Waals surface area contributed by atoms with E-state index in [2.05, 4.69) is 20.4 Å². The van der Waals surface area contributed by atoms with Gasteiger partial charge in [-0.05, 0) is 31.6 Å². The number of halogens is 1. The van der Waals surface area contributed by atoms with Crippen LogP contribution in [0.1, 0.15) is 33.1 Å². The molecule has 3 unspecified atom stereocenters. The zero-order chi connectivity index (χ0) is 8.43. The molecule has 0 heterocycles. The monoisotopic (exact) mass is 172 g/mol. The molecular formula is C10H17Cl. The second kappa shape index (κ2) is 3.62. The lowest BCUT2D eigenvalue weighted by Crippen LogP contribution is -2.24. The Labute approximate surface area is 74.6 Å². The Kier molecular flexibility index (Phi) is 3.00. The van der Waals surface area contributed by atoms with Gasteiger partial charge >= 0.3 is 0 Å². The third kappa shape index (κ3) is 2.23. The largest absolute Gasteiger partial charge is 0.122 e. The van der Waals surface area contributed by atoms with E-state index in [9.17, 15) is 0 Å². The van der Waals surface area contributed by atoms with Gasteiger partial charge in [0, 0.05) is 5.38 Å². The van der Waals surface area contributed by atoms with Crippen molar-refractivity contribution in [3.05, 3.63) is 12.2 Å². The van der Waals surface area contributed by atoms with Crippen LogP contribution in [0.5, 0.6) is 0 Å². The Bertz CT molecular complexity index is 151. The van der Waals surface area contributed by atoms with Crippen LogP contribution in [0.2, 0.25) is 0 Å². The highest BCUT2D eigenvalue weighted by molar-refractivity contribution is 6.21.